The summed E-state index contributed by atoms with van der Waals surface area (Å²) in [6, 6.07) is 4.78. The van der Waals surface area contributed by atoms with Crippen LogP contribution in [0.3, 0.4) is 0 Å². The lowest BCUT2D eigenvalue weighted by Gasteiger charge is -2.34. The Hall–Kier alpha value is -3.64. The zero-order valence-corrected chi connectivity index (χ0v) is 19.6. The molecular formula is C23H29N9O3. The van der Waals surface area contributed by atoms with Crippen LogP contribution in [0.15, 0.2) is 24.4 Å². The molecule has 2 saturated heterocycles. The maximum Gasteiger partial charge on any atom is 0.326 e. The Balaban J connectivity index is 1.47. The monoisotopic (exact) mass is 479 g/mol. The maximum absolute atomic E-state index is 12.0. The summed E-state index contributed by atoms with van der Waals surface area (Å²) in [6.45, 7) is 5.77. The van der Waals surface area contributed by atoms with Crippen LogP contribution in [0.25, 0.3) is 10.9 Å². The predicted molar refractivity (Wildman–Crippen MR) is 131 cm³/mol. The average Bonchev–Trinajstić information content (AvgIpc) is 2.89. The van der Waals surface area contributed by atoms with E-state index in [2.05, 4.69) is 40.7 Å². The molecule has 5 rings (SSSR count). The number of nitrogens with one attached hydrogen (secondary N) is 2. The number of aliphatic hydroxyl groups excluding tert-OH is 1. The fourth-order valence-electron chi connectivity index (χ4n) is 4.53. The molecular weight excluding hydrogens is 450 g/mol. The molecule has 0 radical (unpaired) electrons. The number of piperidine rings is 1. The number of nitrogens with zero attached hydrogens (tertiary/aromatic N) is 7. The molecule has 4 N–H and O–H groups in total. The third-order valence-corrected chi connectivity index (χ3v) is 6.39. The first kappa shape index (κ1) is 23.1. The zero-order chi connectivity index (χ0) is 24.4. The van der Waals surface area contributed by atoms with Gasteiger partial charge in [-0.3, -0.25) is 0 Å². The van der Waals surface area contributed by atoms with E-state index in [-0.39, 0.29) is 0 Å². The van der Waals surface area contributed by atoms with Crippen molar-refractivity contribution in [2.24, 2.45) is 0 Å². The number of hydrogen-bond donors (Lipinski definition) is 4. The lowest BCUT2D eigenvalue weighted by molar-refractivity contribution is -0.139. The van der Waals surface area contributed by atoms with Crippen molar-refractivity contribution in [1.82, 2.24) is 30.5 Å². The topological polar surface area (TPSA) is 153 Å². The molecule has 0 saturated carbocycles. The molecule has 12 nitrogen and oxygen atoms in total. The Morgan fingerprint density at radius 1 is 1.17 bits per heavy atom. The molecule has 5 heterocycles. The summed E-state index contributed by atoms with van der Waals surface area (Å²) in [5.74, 6) is 1.17. The molecule has 3 aromatic rings. The van der Waals surface area contributed by atoms with E-state index in [1.165, 1.54) is 0 Å². The van der Waals surface area contributed by atoms with Crippen LogP contribution >= 0.6 is 0 Å². The SMILES string of the molecule is C[C@@H](O)c1cc2cnc(Nc3ccc(N4CCNCC4)nn3)nc2c(N2CCCCC2C(=O)O)n1. The van der Waals surface area contributed by atoms with Gasteiger partial charge >= 0.3 is 5.97 Å². The summed E-state index contributed by atoms with van der Waals surface area (Å²) < 4.78 is 0. The molecule has 0 aromatic carbocycles. The van der Waals surface area contributed by atoms with Gasteiger partial charge in [-0.15, -0.1) is 10.2 Å². The molecule has 2 fully saturated rings. The standard InChI is InChI=1S/C23H29N9O3/c1-14(33)16-12-15-13-25-23(27-18-5-6-19(30-29-18)31-10-7-24-8-11-31)28-20(15)21(26-16)32-9-3-2-4-17(32)22(34)35/h5-6,12-14,17,24,33H,2-4,7-11H2,1H3,(H,34,35)(H,25,27,28,29)/t14-,17?/m1/s1. The summed E-state index contributed by atoms with van der Waals surface area (Å²) in [5.41, 5.74) is 0.964. The summed E-state index contributed by atoms with van der Waals surface area (Å²) in [4.78, 5) is 29.6. The van der Waals surface area contributed by atoms with E-state index in [0.717, 1.165) is 44.8 Å². The molecule has 3 aromatic heterocycles. The quantitative estimate of drug-likeness (QED) is 0.405. The lowest BCUT2D eigenvalue weighted by atomic mass is 10.0. The van der Waals surface area contributed by atoms with Crippen molar-refractivity contribution in [3.05, 3.63) is 30.1 Å². The number of carboxylic acid groups (broad SMARTS) is 1. The highest BCUT2D eigenvalue weighted by atomic mass is 16.4. The second-order valence-corrected chi connectivity index (χ2v) is 8.86. The van der Waals surface area contributed by atoms with E-state index in [4.69, 9.17) is 0 Å². The maximum atomic E-state index is 12.0. The Bertz CT molecular complexity index is 1200. The van der Waals surface area contributed by atoms with Gasteiger partial charge in [0.15, 0.2) is 17.5 Å². The molecule has 2 aliphatic rings. The first-order valence-corrected chi connectivity index (χ1v) is 11.9. The molecule has 0 amide bonds. The van der Waals surface area contributed by atoms with Crippen LogP contribution in [-0.4, -0.2) is 80.1 Å². The lowest BCUT2D eigenvalue weighted by Crippen LogP contribution is -2.45. The van der Waals surface area contributed by atoms with Crippen molar-refractivity contribution in [3.8, 4) is 0 Å². The van der Waals surface area contributed by atoms with Crippen molar-refractivity contribution < 1.29 is 15.0 Å². The number of aromatic nitrogens is 5. The minimum atomic E-state index is -0.894. The van der Waals surface area contributed by atoms with Crippen molar-refractivity contribution in [3.63, 3.8) is 0 Å². The van der Waals surface area contributed by atoms with Gasteiger partial charge in [-0.2, -0.15) is 0 Å². The molecule has 35 heavy (non-hydrogen) atoms. The van der Waals surface area contributed by atoms with Crippen LogP contribution in [0.2, 0.25) is 0 Å². The Labute approximate surface area is 202 Å². The van der Waals surface area contributed by atoms with Crippen LogP contribution in [0, 0.1) is 0 Å². The van der Waals surface area contributed by atoms with Gasteiger partial charge in [-0.05, 0) is 44.4 Å². The third-order valence-electron chi connectivity index (χ3n) is 6.39. The van der Waals surface area contributed by atoms with Crippen molar-refractivity contribution in [2.45, 2.75) is 38.3 Å². The normalized spacial score (nSPS) is 19.5. The number of fused-ring (bicyclic) bond motifs is 1. The van der Waals surface area contributed by atoms with E-state index >= 15 is 0 Å². The summed E-state index contributed by atoms with van der Waals surface area (Å²) in [7, 11) is 0. The highest BCUT2D eigenvalue weighted by Gasteiger charge is 2.31. The van der Waals surface area contributed by atoms with Crippen LogP contribution in [-0.2, 0) is 4.79 Å². The van der Waals surface area contributed by atoms with Crippen LogP contribution in [0.4, 0.5) is 23.4 Å². The van der Waals surface area contributed by atoms with Crippen molar-refractivity contribution >= 4 is 40.3 Å². The van der Waals surface area contributed by atoms with E-state index in [0.29, 0.717) is 47.1 Å². The van der Waals surface area contributed by atoms with Crippen molar-refractivity contribution in [2.75, 3.05) is 47.8 Å². The second-order valence-electron chi connectivity index (χ2n) is 8.86. The molecule has 0 bridgehead atoms. The third kappa shape index (κ3) is 4.93. The predicted octanol–water partition coefficient (Wildman–Crippen LogP) is 1.46. The number of carboxylic acids is 1. The highest BCUT2D eigenvalue weighted by Crippen LogP contribution is 2.32. The van der Waals surface area contributed by atoms with Crippen LogP contribution < -0.4 is 20.4 Å². The van der Waals surface area contributed by atoms with Crippen LogP contribution in [0.5, 0.6) is 0 Å². The first-order valence-electron chi connectivity index (χ1n) is 11.9. The van der Waals surface area contributed by atoms with Gasteiger partial charge in [0, 0.05) is 44.3 Å². The molecule has 12 heteroatoms. The van der Waals surface area contributed by atoms with Gasteiger partial charge in [0.05, 0.1) is 11.8 Å². The highest BCUT2D eigenvalue weighted by molar-refractivity contribution is 5.91. The molecule has 0 spiro atoms. The fraction of sp³-hybridized carbons (Fsp3) is 0.478. The number of carbonyl (C=O) groups is 1. The number of pyridine rings is 1. The summed E-state index contributed by atoms with van der Waals surface area (Å²) in [5, 5.41) is 35.7. The van der Waals surface area contributed by atoms with E-state index in [9.17, 15) is 15.0 Å². The second kappa shape index (κ2) is 9.92. The summed E-state index contributed by atoms with van der Waals surface area (Å²) in [6.07, 6.45) is 3.06. The van der Waals surface area contributed by atoms with Gasteiger partial charge in [0.2, 0.25) is 5.95 Å². The number of aliphatic carboxylic acids is 1. The molecule has 2 aliphatic heterocycles. The Morgan fingerprint density at radius 3 is 2.71 bits per heavy atom. The van der Waals surface area contributed by atoms with Gasteiger partial charge in [-0.25, -0.2) is 19.7 Å². The average molecular weight is 480 g/mol. The summed E-state index contributed by atoms with van der Waals surface area (Å²) >= 11 is 0. The molecule has 1 unspecified atom stereocenters. The minimum Gasteiger partial charge on any atom is -0.480 e. The Kier molecular flexibility index (Phi) is 6.55. The minimum absolute atomic E-state index is 0.304. The van der Waals surface area contributed by atoms with Gasteiger partial charge < -0.3 is 30.6 Å². The van der Waals surface area contributed by atoms with Gasteiger partial charge in [0.1, 0.15) is 11.6 Å². The number of aliphatic hydroxyl groups is 1. The van der Waals surface area contributed by atoms with E-state index in [1.54, 1.807) is 24.1 Å². The number of hydrogen-bond acceptors (Lipinski definition) is 11. The zero-order valence-electron chi connectivity index (χ0n) is 19.6. The number of piperazine rings is 1. The molecule has 184 valence electrons. The number of anilines is 4. The van der Waals surface area contributed by atoms with E-state index < -0.39 is 18.1 Å². The first-order chi connectivity index (χ1) is 17.0. The largest absolute Gasteiger partial charge is 0.480 e. The molecule has 2 atom stereocenters. The van der Waals surface area contributed by atoms with Gasteiger partial charge in [-0.1, -0.05) is 0 Å². The Morgan fingerprint density at radius 2 is 2.00 bits per heavy atom. The fourth-order valence-corrected chi connectivity index (χ4v) is 4.53. The number of rotatable bonds is 6. The van der Waals surface area contributed by atoms with Crippen molar-refractivity contribution in [1.29, 1.82) is 0 Å². The van der Waals surface area contributed by atoms with Crippen LogP contribution in [0.1, 0.15) is 38.0 Å². The van der Waals surface area contributed by atoms with Gasteiger partial charge in [0.25, 0.3) is 0 Å². The van der Waals surface area contributed by atoms with E-state index in [1.807, 2.05) is 12.1 Å². The molecule has 0 aliphatic carbocycles. The smallest absolute Gasteiger partial charge is 0.326 e.